The Labute approximate surface area is 154 Å². The molecule has 0 fully saturated rings. The Hall–Kier alpha value is -2.55. The van der Waals surface area contributed by atoms with Crippen molar-refractivity contribution in [3.8, 4) is 5.75 Å². The Kier molecular flexibility index (Phi) is 4.66. The van der Waals surface area contributed by atoms with Crippen molar-refractivity contribution in [2.45, 2.75) is 11.8 Å². The molecule has 2 aromatic carbocycles. The van der Waals surface area contributed by atoms with Crippen LogP contribution in [0.25, 0.3) is 11.0 Å². The van der Waals surface area contributed by atoms with Crippen molar-refractivity contribution in [2.24, 2.45) is 5.14 Å². The quantitative estimate of drug-likeness (QED) is 0.705. The van der Waals surface area contributed by atoms with E-state index in [1.165, 1.54) is 25.3 Å². The van der Waals surface area contributed by atoms with Gasteiger partial charge in [-0.15, -0.1) is 0 Å². The average Bonchev–Trinajstić information content (AvgIpc) is 2.90. The van der Waals surface area contributed by atoms with E-state index in [1.807, 2.05) is 0 Å². The second-order valence-corrected chi connectivity index (χ2v) is 7.53. The lowest BCUT2D eigenvalue weighted by Gasteiger charge is -2.10. The van der Waals surface area contributed by atoms with Crippen molar-refractivity contribution in [1.82, 2.24) is 0 Å². The molecule has 3 rings (SSSR count). The number of hydrogen-bond donors (Lipinski definition) is 2. The maximum atomic E-state index is 12.6. The number of amides is 1. The number of furan rings is 1. The average molecular weight is 395 g/mol. The van der Waals surface area contributed by atoms with Crippen LogP contribution in [-0.4, -0.2) is 21.4 Å². The molecule has 3 aromatic rings. The molecule has 7 nitrogen and oxygen atoms in total. The highest BCUT2D eigenvalue weighted by molar-refractivity contribution is 7.89. The zero-order valence-electron chi connectivity index (χ0n) is 13.9. The fraction of sp³-hybridized carbons (Fsp3) is 0.118. The Balaban J connectivity index is 1.97. The molecule has 0 atom stereocenters. The zero-order valence-corrected chi connectivity index (χ0v) is 15.4. The summed E-state index contributed by atoms with van der Waals surface area (Å²) in [5, 5.41) is 9.03. The van der Waals surface area contributed by atoms with Crippen molar-refractivity contribution in [3.05, 3.63) is 52.7 Å². The van der Waals surface area contributed by atoms with Gasteiger partial charge in [0.1, 0.15) is 16.2 Å². The summed E-state index contributed by atoms with van der Waals surface area (Å²) in [4.78, 5) is 12.3. The number of rotatable bonds is 4. The van der Waals surface area contributed by atoms with Crippen LogP contribution in [0.1, 0.15) is 16.1 Å². The molecule has 0 unspecified atom stereocenters. The van der Waals surface area contributed by atoms with Gasteiger partial charge in [-0.25, -0.2) is 13.6 Å². The van der Waals surface area contributed by atoms with Crippen LogP contribution in [0.2, 0.25) is 5.02 Å². The monoisotopic (exact) mass is 394 g/mol. The van der Waals surface area contributed by atoms with E-state index >= 15 is 0 Å². The van der Waals surface area contributed by atoms with Crippen LogP contribution in [-0.2, 0) is 10.0 Å². The van der Waals surface area contributed by atoms with E-state index in [9.17, 15) is 13.2 Å². The number of carbonyl (C=O) groups excluding carboxylic acids is 1. The molecule has 0 aliphatic heterocycles. The molecule has 0 bridgehead atoms. The number of ether oxygens (including phenoxy) is 1. The smallest absolute Gasteiger partial charge is 0.291 e. The van der Waals surface area contributed by atoms with Gasteiger partial charge in [-0.1, -0.05) is 11.6 Å². The van der Waals surface area contributed by atoms with Gasteiger partial charge in [0.25, 0.3) is 5.91 Å². The van der Waals surface area contributed by atoms with Crippen LogP contribution in [0.15, 0.2) is 45.7 Å². The first-order valence-electron chi connectivity index (χ1n) is 7.41. The molecule has 3 N–H and O–H groups in total. The molecule has 136 valence electrons. The van der Waals surface area contributed by atoms with Crippen LogP contribution in [0.4, 0.5) is 5.69 Å². The first kappa shape index (κ1) is 18.2. The van der Waals surface area contributed by atoms with E-state index in [0.29, 0.717) is 16.2 Å². The van der Waals surface area contributed by atoms with Gasteiger partial charge in [-0.2, -0.15) is 0 Å². The molecule has 0 aliphatic carbocycles. The number of nitrogens with one attached hydrogen (secondary N) is 1. The van der Waals surface area contributed by atoms with E-state index in [2.05, 4.69) is 5.32 Å². The number of fused-ring (bicyclic) bond motifs is 1. The molecular formula is C17H15ClN2O5S. The first-order chi connectivity index (χ1) is 12.2. The van der Waals surface area contributed by atoms with E-state index in [0.717, 1.165) is 5.39 Å². The van der Waals surface area contributed by atoms with E-state index < -0.39 is 15.9 Å². The molecule has 9 heteroatoms. The molecule has 26 heavy (non-hydrogen) atoms. The highest BCUT2D eigenvalue weighted by atomic mass is 35.5. The van der Waals surface area contributed by atoms with Gasteiger partial charge in [0, 0.05) is 21.7 Å². The Morgan fingerprint density at radius 2 is 1.96 bits per heavy atom. The third kappa shape index (κ3) is 3.39. The van der Waals surface area contributed by atoms with Gasteiger partial charge in [-0.05, 0) is 43.3 Å². The zero-order chi connectivity index (χ0) is 19.1. The lowest BCUT2D eigenvalue weighted by Crippen LogP contribution is -2.16. The predicted octanol–water partition coefficient (Wildman–Crippen LogP) is 3.30. The highest BCUT2D eigenvalue weighted by Gasteiger charge is 2.20. The second-order valence-electron chi connectivity index (χ2n) is 5.56. The number of nitrogens with two attached hydrogens (primary N) is 1. The summed E-state index contributed by atoms with van der Waals surface area (Å²) in [6, 6.07) is 9.17. The minimum Gasteiger partial charge on any atom is -0.495 e. The number of sulfonamides is 1. The minimum atomic E-state index is -4.02. The number of halogens is 1. The van der Waals surface area contributed by atoms with Crippen LogP contribution < -0.4 is 15.2 Å². The van der Waals surface area contributed by atoms with E-state index in [1.54, 1.807) is 25.1 Å². The highest BCUT2D eigenvalue weighted by Crippen LogP contribution is 2.30. The molecule has 0 saturated carbocycles. The third-order valence-corrected chi connectivity index (χ3v) is 5.00. The van der Waals surface area contributed by atoms with Crippen molar-refractivity contribution < 1.29 is 22.4 Å². The lowest BCUT2D eigenvalue weighted by molar-refractivity contribution is 0.0998. The van der Waals surface area contributed by atoms with Gasteiger partial charge in [0.15, 0.2) is 5.76 Å². The van der Waals surface area contributed by atoms with E-state index in [4.69, 9.17) is 25.9 Å². The van der Waals surface area contributed by atoms with Crippen molar-refractivity contribution >= 4 is 44.2 Å². The predicted molar refractivity (Wildman–Crippen MR) is 98.3 cm³/mol. The summed E-state index contributed by atoms with van der Waals surface area (Å²) in [5.41, 5.74) is 1.38. The standard InChI is InChI=1S/C17H15ClN2O5S/c1-9-12-7-10(18)3-5-13(12)25-16(9)17(21)20-11-4-6-14(24-2)15(8-11)26(19,22)23/h3-8H,1-2H3,(H,20,21)(H2,19,22,23). The summed E-state index contributed by atoms with van der Waals surface area (Å²) in [6.45, 7) is 1.74. The van der Waals surface area contributed by atoms with Crippen molar-refractivity contribution in [2.75, 3.05) is 12.4 Å². The summed E-state index contributed by atoms with van der Waals surface area (Å²) >= 11 is 5.98. The summed E-state index contributed by atoms with van der Waals surface area (Å²) in [7, 11) is -2.69. The molecule has 0 aliphatic rings. The normalized spacial score (nSPS) is 11.5. The van der Waals surface area contributed by atoms with Crippen molar-refractivity contribution in [1.29, 1.82) is 0 Å². The number of benzene rings is 2. The molecule has 1 heterocycles. The lowest BCUT2D eigenvalue weighted by atomic mass is 10.1. The topological polar surface area (TPSA) is 112 Å². The van der Waals surface area contributed by atoms with Crippen LogP contribution in [0.5, 0.6) is 5.75 Å². The van der Waals surface area contributed by atoms with Crippen LogP contribution in [0, 0.1) is 6.92 Å². The second kappa shape index (κ2) is 6.64. The molecule has 0 radical (unpaired) electrons. The Morgan fingerprint density at radius 1 is 1.23 bits per heavy atom. The summed E-state index contributed by atoms with van der Waals surface area (Å²) in [6.07, 6.45) is 0. The largest absolute Gasteiger partial charge is 0.495 e. The third-order valence-electron chi connectivity index (χ3n) is 3.83. The van der Waals surface area contributed by atoms with Gasteiger partial charge in [0.2, 0.25) is 10.0 Å². The van der Waals surface area contributed by atoms with Crippen molar-refractivity contribution in [3.63, 3.8) is 0 Å². The summed E-state index contributed by atoms with van der Waals surface area (Å²) in [5.74, 6) is -0.337. The number of anilines is 1. The molecule has 1 aromatic heterocycles. The number of methoxy groups -OCH3 is 1. The molecule has 0 spiro atoms. The fourth-order valence-corrected chi connectivity index (χ4v) is 3.47. The van der Waals surface area contributed by atoms with Gasteiger partial charge < -0.3 is 14.5 Å². The maximum absolute atomic E-state index is 12.6. The van der Waals surface area contributed by atoms with Gasteiger partial charge in [0.05, 0.1) is 7.11 Å². The van der Waals surface area contributed by atoms with Crippen LogP contribution >= 0.6 is 11.6 Å². The first-order valence-corrected chi connectivity index (χ1v) is 9.34. The number of hydrogen-bond acceptors (Lipinski definition) is 5. The maximum Gasteiger partial charge on any atom is 0.291 e. The number of aryl methyl sites for hydroxylation is 1. The number of primary sulfonamides is 1. The number of carbonyl (C=O) groups is 1. The Morgan fingerprint density at radius 3 is 2.62 bits per heavy atom. The van der Waals surface area contributed by atoms with Gasteiger partial charge >= 0.3 is 0 Å². The molecular weight excluding hydrogens is 380 g/mol. The minimum absolute atomic E-state index is 0.0834. The Bertz CT molecular complexity index is 1120. The summed E-state index contributed by atoms with van der Waals surface area (Å²) < 4.78 is 33.9. The SMILES string of the molecule is COc1ccc(NC(=O)c2oc3ccc(Cl)cc3c2C)cc1S(N)(=O)=O. The molecule has 0 saturated heterocycles. The van der Waals surface area contributed by atoms with Crippen LogP contribution in [0.3, 0.4) is 0 Å². The molecule has 1 amide bonds. The van der Waals surface area contributed by atoms with E-state index in [-0.39, 0.29) is 22.1 Å². The fourth-order valence-electron chi connectivity index (χ4n) is 2.57. The van der Waals surface area contributed by atoms with Gasteiger partial charge in [-0.3, -0.25) is 4.79 Å².